The second-order valence-corrected chi connectivity index (χ2v) is 19.0. The van der Waals surface area contributed by atoms with Crippen LogP contribution in [0.5, 0.6) is 0 Å². The monoisotopic (exact) mass is 540 g/mol. The summed E-state index contributed by atoms with van der Waals surface area (Å²) in [5.74, 6) is 0. The van der Waals surface area contributed by atoms with E-state index in [0.29, 0.717) is 6.42 Å². The quantitative estimate of drug-likeness (QED) is 0.436. The molecule has 1 fully saturated rings. The molecule has 1 radical (unpaired) electrons. The zero-order valence-electron chi connectivity index (χ0n) is 16.0. The summed E-state index contributed by atoms with van der Waals surface area (Å²) < 4.78 is 19.2. The van der Waals surface area contributed by atoms with Crippen molar-refractivity contribution in [2.75, 3.05) is 13.1 Å². The molecule has 1 aliphatic rings. The summed E-state index contributed by atoms with van der Waals surface area (Å²) in [5.41, 5.74) is 8.69. The van der Waals surface area contributed by atoms with Gasteiger partial charge < -0.3 is 0 Å². The van der Waals surface area contributed by atoms with E-state index >= 15 is 0 Å². The second kappa shape index (κ2) is 9.15. The van der Waals surface area contributed by atoms with Crippen LogP contribution in [-0.4, -0.2) is 52.6 Å². The minimum absolute atomic E-state index is 0.419. The molecule has 0 saturated carbocycles. The molecule has 0 bridgehead atoms. The number of nitrogens with two attached hydrogens (primary N) is 1. The number of rotatable bonds is 5. The van der Waals surface area contributed by atoms with Crippen molar-refractivity contribution in [2.45, 2.75) is 51.7 Å². The van der Waals surface area contributed by atoms with Crippen LogP contribution in [0.3, 0.4) is 0 Å². The molecule has 2 rings (SSSR count). The van der Waals surface area contributed by atoms with Crippen molar-refractivity contribution in [2.24, 2.45) is 10.7 Å². The van der Waals surface area contributed by atoms with Crippen LogP contribution in [0.25, 0.3) is 0 Å². The van der Waals surface area contributed by atoms with Gasteiger partial charge in [-0.25, -0.2) is 4.39 Å². The average molecular weight is 540 g/mol. The SMILES string of the molecule is C/C(N)=C(/C=Nc1ccc(CC(C)(C)F)cc1)N1CC[CH2][Pb]([CH3])[CH2]C1. The Morgan fingerprint density at radius 1 is 1.28 bits per heavy atom. The molecule has 1 aromatic carbocycles. The maximum absolute atomic E-state index is 13.7. The predicted molar refractivity (Wildman–Crippen MR) is 108 cm³/mol. The first-order valence-corrected chi connectivity index (χ1v) is 18.5. The van der Waals surface area contributed by atoms with E-state index in [1.165, 1.54) is 14.4 Å². The van der Waals surface area contributed by atoms with Gasteiger partial charge in [0.25, 0.3) is 0 Å². The van der Waals surface area contributed by atoms with E-state index in [4.69, 9.17) is 5.73 Å². The number of hydrogen-bond acceptors (Lipinski definition) is 3. The van der Waals surface area contributed by atoms with Crippen molar-refractivity contribution in [3.8, 4) is 0 Å². The molecule has 1 aromatic rings. The van der Waals surface area contributed by atoms with Gasteiger partial charge in [-0.05, 0) is 13.8 Å². The molecule has 1 saturated heterocycles. The first-order valence-electron chi connectivity index (χ1n) is 9.09. The van der Waals surface area contributed by atoms with E-state index in [-0.39, 0.29) is 0 Å². The number of nitrogens with zero attached hydrogens (tertiary/aromatic N) is 2. The van der Waals surface area contributed by atoms with Crippen LogP contribution in [-0.2, 0) is 6.42 Å². The summed E-state index contributed by atoms with van der Waals surface area (Å²) in [6.45, 7) is 7.37. The summed E-state index contributed by atoms with van der Waals surface area (Å²) in [7, 11) is 0. The number of hydrogen-bond donors (Lipinski definition) is 1. The standard InChI is InChI=1S/C19H28FN3.CH3.Pb/c1-6-12-23(7-2)18(15(3)21)14-22-17-10-8-16(9-11-17)13-19(4,5)20;;/h8-11,14H,1-2,6-7,12-13,21H2,3-5H3;1H3;/b18-15+,22-14?;;. The van der Waals surface area contributed by atoms with Crippen LogP contribution in [0.1, 0.15) is 32.8 Å². The van der Waals surface area contributed by atoms with E-state index in [1.807, 2.05) is 37.4 Å². The zero-order valence-corrected chi connectivity index (χ0v) is 19.9. The first kappa shape index (κ1) is 20.4. The number of aliphatic imine (C=N–C) groups is 1. The van der Waals surface area contributed by atoms with Crippen molar-refractivity contribution >= 4 is 34.6 Å². The Kier molecular flexibility index (Phi) is 7.46. The molecule has 2 N–H and O–H groups in total. The van der Waals surface area contributed by atoms with Crippen LogP contribution in [0.4, 0.5) is 10.1 Å². The molecule has 0 atom stereocenters. The Morgan fingerprint density at radius 2 is 1.96 bits per heavy atom. The number of allylic oxidation sites excluding steroid dienone is 2. The van der Waals surface area contributed by atoms with E-state index in [0.717, 1.165) is 35.7 Å². The summed E-state index contributed by atoms with van der Waals surface area (Å²) in [6.07, 6.45) is 3.61. The maximum atomic E-state index is 13.7. The molecule has 0 amide bonds. The topological polar surface area (TPSA) is 41.6 Å². The van der Waals surface area contributed by atoms with Crippen LogP contribution in [0.2, 0.25) is 12.4 Å². The van der Waals surface area contributed by atoms with Crippen molar-refractivity contribution in [3.63, 3.8) is 0 Å². The third-order valence-corrected chi connectivity index (χ3v) is 13.4. The van der Waals surface area contributed by atoms with Crippen LogP contribution < -0.4 is 5.73 Å². The van der Waals surface area contributed by atoms with E-state index in [1.54, 1.807) is 13.8 Å². The van der Waals surface area contributed by atoms with Crippen molar-refractivity contribution in [1.29, 1.82) is 0 Å². The fourth-order valence-corrected chi connectivity index (χ4v) is 9.60. The van der Waals surface area contributed by atoms with Crippen molar-refractivity contribution < 1.29 is 4.39 Å². The van der Waals surface area contributed by atoms with Gasteiger partial charge in [-0.15, -0.1) is 0 Å². The molecular formula is C20H31FN3Pb. The van der Waals surface area contributed by atoms with Crippen molar-refractivity contribution in [3.05, 3.63) is 41.2 Å². The van der Waals surface area contributed by atoms with E-state index in [2.05, 4.69) is 14.4 Å². The Hall–Kier alpha value is -0.918. The van der Waals surface area contributed by atoms with Gasteiger partial charge in [0.05, 0.1) is 0 Å². The Balaban J connectivity index is 2.08. The minimum atomic E-state index is -1.23. The average Bonchev–Trinajstić information content (AvgIpc) is 2.72. The summed E-state index contributed by atoms with van der Waals surface area (Å²) in [4.78, 5) is 7.01. The number of benzene rings is 1. The van der Waals surface area contributed by atoms with Gasteiger partial charge in [0, 0.05) is 0 Å². The molecule has 1 aliphatic heterocycles. The molecule has 0 aliphatic carbocycles. The van der Waals surface area contributed by atoms with Crippen LogP contribution in [0, 0.1) is 0 Å². The third kappa shape index (κ3) is 7.07. The van der Waals surface area contributed by atoms with Crippen LogP contribution in [0.15, 0.2) is 40.7 Å². The van der Waals surface area contributed by atoms with Gasteiger partial charge in [-0.3, -0.25) is 0 Å². The Morgan fingerprint density at radius 3 is 2.56 bits per heavy atom. The fraction of sp³-hybridized carbons (Fsp3) is 0.550. The van der Waals surface area contributed by atoms with Gasteiger partial charge in [0.1, 0.15) is 0 Å². The predicted octanol–water partition coefficient (Wildman–Crippen LogP) is 4.70. The first-order chi connectivity index (χ1) is 11.7. The van der Waals surface area contributed by atoms with Gasteiger partial charge in [-0.1, -0.05) is 0 Å². The van der Waals surface area contributed by atoms with Crippen LogP contribution >= 0.6 is 0 Å². The van der Waals surface area contributed by atoms with Gasteiger partial charge in [0.15, 0.2) is 0 Å². The molecule has 1 heterocycles. The zero-order chi connectivity index (χ0) is 18.4. The molecule has 5 heteroatoms. The Bertz CT molecular complexity index is 613. The third-order valence-electron chi connectivity index (χ3n) is 4.48. The number of alkyl halides is 1. The van der Waals surface area contributed by atoms with Gasteiger partial charge >= 0.3 is 142 Å². The molecule has 25 heavy (non-hydrogen) atoms. The van der Waals surface area contributed by atoms with E-state index < -0.39 is 28.4 Å². The van der Waals surface area contributed by atoms with Crippen molar-refractivity contribution in [1.82, 2.24) is 4.90 Å². The summed E-state index contributed by atoms with van der Waals surface area (Å²) in [5, 5.41) is 0. The normalized spacial score (nSPS) is 18.4. The Labute approximate surface area is 160 Å². The molecule has 137 valence electrons. The molecular weight excluding hydrogens is 508 g/mol. The number of halogens is 1. The molecule has 0 spiro atoms. The van der Waals surface area contributed by atoms with E-state index in [9.17, 15) is 4.39 Å². The second-order valence-electron chi connectivity index (χ2n) is 7.69. The fourth-order valence-electron chi connectivity index (χ4n) is 3.13. The molecule has 0 aromatic heterocycles. The van der Waals surface area contributed by atoms with Gasteiger partial charge in [-0.2, -0.15) is 0 Å². The molecule has 3 nitrogen and oxygen atoms in total. The van der Waals surface area contributed by atoms with Gasteiger partial charge in [0.2, 0.25) is 0 Å². The molecule has 0 unspecified atom stereocenters. The summed E-state index contributed by atoms with van der Waals surface area (Å²) >= 11 is -1.23. The summed E-state index contributed by atoms with van der Waals surface area (Å²) in [6, 6.07) is 7.80.